The first kappa shape index (κ1) is 56.6. The molecule has 0 heterocycles. The predicted octanol–water partition coefficient (Wildman–Crippen LogP) is 14.8. The van der Waals surface area contributed by atoms with Crippen LogP contribution in [0.15, 0.2) is 60.8 Å². The summed E-state index contributed by atoms with van der Waals surface area (Å²) in [5.41, 5.74) is 0. The van der Waals surface area contributed by atoms with E-state index in [9.17, 15) is 19.8 Å². The summed E-state index contributed by atoms with van der Waals surface area (Å²) in [6.45, 7) is 6.29. The fourth-order valence-corrected chi connectivity index (χ4v) is 7.31. The van der Waals surface area contributed by atoms with Gasteiger partial charge in [0.1, 0.15) is 6.10 Å². The molecule has 0 saturated heterocycles. The van der Waals surface area contributed by atoms with E-state index < -0.39 is 18.2 Å². The van der Waals surface area contributed by atoms with Crippen molar-refractivity contribution in [3.8, 4) is 0 Å². The molecule has 0 radical (unpaired) electrons. The van der Waals surface area contributed by atoms with Gasteiger partial charge >= 0.3 is 5.97 Å². The zero-order valence-corrected chi connectivity index (χ0v) is 38.9. The van der Waals surface area contributed by atoms with E-state index in [2.05, 4.69) is 86.8 Å². The van der Waals surface area contributed by atoms with Crippen LogP contribution >= 0.6 is 0 Å². The van der Waals surface area contributed by atoms with E-state index in [1.807, 2.05) is 0 Å². The third-order valence-corrected chi connectivity index (χ3v) is 11.1. The Morgan fingerprint density at radius 3 is 1.47 bits per heavy atom. The maximum Gasteiger partial charge on any atom is 0.306 e. The number of hydrogen-bond donors (Lipinski definition) is 3. The average Bonchev–Trinajstić information content (AvgIpc) is 3.23. The van der Waals surface area contributed by atoms with Crippen molar-refractivity contribution in [2.24, 2.45) is 0 Å². The molecule has 0 bridgehead atoms. The van der Waals surface area contributed by atoms with Crippen LogP contribution in [-0.2, 0) is 14.3 Å². The minimum absolute atomic E-state index is 0.0518. The van der Waals surface area contributed by atoms with Crippen LogP contribution in [-0.4, -0.2) is 46.9 Å². The van der Waals surface area contributed by atoms with Crippen LogP contribution in [0, 0.1) is 0 Å². The average molecular weight is 826 g/mol. The van der Waals surface area contributed by atoms with Crippen molar-refractivity contribution in [1.29, 1.82) is 0 Å². The van der Waals surface area contributed by atoms with Crippen molar-refractivity contribution in [2.75, 3.05) is 6.61 Å². The van der Waals surface area contributed by atoms with Crippen LogP contribution in [0.5, 0.6) is 0 Å². The first-order valence-corrected chi connectivity index (χ1v) is 25.0. The number of esters is 1. The second-order valence-electron chi connectivity index (χ2n) is 16.8. The highest BCUT2D eigenvalue weighted by molar-refractivity contribution is 5.77. The molecule has 0 aromatic carbocycles. The maximum absolute atomic E-state index is 13.1. The van der Waals surface area contributed by atoms with Crippen molar-refractivity contribution in [2.45, 2.75) is 257 Å². The molecule has 3 N–H and O–H groups in total. The summed E-state index contributed by atoms with van der Waals surface area (Å²) >= 11 is 0. The molecular weight excluding hydrogens is 731 g/mol. The Morgan fingerprint density at radius 2 is 0.949 bits per heavy atom. The van der Waals surface area contributed by atoms with E-state index in [1.165, 1.54) is 83.5 Å². The third kappa shape index (κ3) is 42.1. The topological polar surface area (TPSA) is 95.9 Å². The zero-order valence-electron chi connectivity index (χ0n) is 38.9. The molecule has 0 spiro atoms. The van der Waals surface area contributed by atoms with Crippen LogP contribution < -0.4 is 5.32 Å². The normalized spacial score (nSPS) is 13.8. The fourth-order valence-electron chi connectivity index (χ4n) is 7.31. The molecule has 0 aliphatic rings. The third-order valence-electron chi connectivity index (χ3n) is 11.1. The van der Waals surface area contributed by atoms with E-state index >= 15 is 0 Å². The summed E-state index contributed by atoms with van der Waals surface area (Å²) in [4.78, 5) is 26.0. The number of carbonyl (C=O) groups excluding carboxylic acids is 2. The molecule has 342 valence electrons. The summed E-state index contributed by atoms with van der Waals surface area (Å²) < 4.78 is 5.88. The fraction of sp³-hybridized carbons (Fsp3) is 0.774. The Morgan fingerprint density at radius 1 is 0.508 bits per heavy atom. The molecule has 1 amide bonds. The van der Waals surface area contributed by atoms with Gasteiger partial charge in [-0.05, 0) is 83.5 Å². The highest BCUT2D eigenvalue weighted by atomic mass is 16.5. The van der Waals surface area contributed by atoms with Crippen LogP contribution in [0.3, 0.4) is 0 Å². The molecule has 3 unspecified atom stereocenters. The van der Waals surface area contributed by atoms with Crippen molar-refractivity contribution < 1.29 is 24.5 Å². The molecule has 59 heavy (non-hydrogen) atoms. The molecule has 0 aliphatic heterocycles. The molecule has 6 nitrogen and oxygen atoms in total. The minimum atomic E-state index is -0.797. The first-order valence-electron chi connectivity index (χ1n) is 25.0. The minimum Gasteiger partial charge on any atom is -0.462 e. The molecule has 0 fully saturated rings. The molecule has 0 aromatic heterocycles. The van der Waals surface area contributed by atoms with Gasteiger partial charge in [-0.25, -0.2) is 0 Å². The van der Waals surface area contributed by atoms with E-state index in [0.29, 0.717) is 19.3 Å². The van der Waals surface area contributed by atoms with Crippen molar-refractivity contribution in [3.63, 3.8) is 0 Å². The van der Waals surface area contributed by atoms with E-state index in [0.717, 1.165) is 109 Å². The van der Waals surface area contributed by atoms with Crippen molar-refractivity contribution >= 4 is 11.9 Å². The highest BCUT2D eigenvalue weighted by Gasteiger charge is 2.24. The van der Waals surface area contributed by atoms with Gasteiger partial charge < -0.3 is 20.3 Å². The Labute approximate surface area is 365 Å². The van der Waals surface area contributed by atoms with Gasteiger partial charge in [0.05, 0.1) is 25.2 Å². The lowest BCUT2D eigenvalue weighted by atomic mass is 10.0. The lowest BCUT2D eigenvalue weighted by Gasteiger charge is -2.24. The number of aliphatic hydroxyl groups is 2. The predicted molar refractivity (Wildman–Crippen MR) is 255 cm³/mol. The van der Waals surface area contributed by atoms with E-state index in [1.54, 1.807) is 0 Å². The van der Waals surface area contributed by atoms with E-state index in [4.69, 9.17) is 4.74 Å². The number of amides is 1. The van der Waals surface area contributed by atoms with Gasteiger partial charge in [-0.1, -0.05) is 204 Å². The molecule has 0 aromatic rings. The van der Waals surface area contributed by atoms with Gasteiger partial charge in [0.2, 0.25) is 5.91 Å². The second kappa shape index (κ2) is 46.6. The lowest BCUT2D eigenvalue weighted by molar-refractivity contribution is -0.151. The SMILES string of the molecule is CC/C=C/C/C=C/C/C=C/C/C=C/CCCCCC(=O)OC(CCCCC/C=C\CCC)CC(=O)NC(CO)C(O)CCCCCCCCCCCCCCCCCC. The van der Waals surface area contributed by atoms with Gasteiger partial charge in [-0.15, -0.1) is 0 Å². The van der Waals surface area contributed by atoms with Gasteiger partial charge in [-0.3, -0.25) is 9.59 Å². The molecular formula is C53H95NO5. The Kier molecular flexibility index (Phi) is 44.7. The number of rotatable bonds is 44. The summed E-state index contributed by atoms with van der Waals surface area (Å²) in [5, 5.41) is 23.7. The number of hydrogen-bond acceptors (Lipinski definition) is 5. The lowest BCUT2D eigenvalue weighted by Crippen LogP contribution is -2.46. The van der Waals surface area contributed by atoms with Crippen LogP contribution in [0.2, 0.25) is 0 Å². The monoisotopic (exact) mass is 826 g/mol. The zero-order chi connectivity index (χ0) is 43.1. The van der Waals surface area contributed by atoms with Crippen LogP contribution in [0.25, 0.3) is 0 Å². The van der Waals surface area contributed by atoms with Gasteiger partial charge in [-0.2, -0.15) is 0 Å². The number of ether oxygens (including phenoxy) is 1. The van der Waals surface area contributed by atoms with Gasteiger partial charge in [0.25, 0.3) is 0 Å². The standard InChI is InChI=1S/C53H95NO5/c1-4-7-10-13-16-19-21-23-25-27-29-31-33-36-39-42-45-51(56)50(48-55)54-52(57)47-49(44-41-38-35-18-15-12-9-6-3)59-53(58)46-43-40-37-34-32-30-28-26-24-22-20-17-14-11-8-5-2/h8,11-12,15,17,20,24,26,30,32,49-51,55-56H,4-7,9-10,13-14,16,18-19,21-23,25,27-29,31,33-48H2,1-3H3,(H,54,57)/b11-8+,15-12-,20-17+,26-24+,32-30+. The Bertz CT molecular complexity index is 1060. The molecule has 6 heteroatoms. The van der Waals surface area contributed by atoms with Gasteiger partial charge in [0, 0.05) is 6.42 Å². The second-order valence-corrected chi connectivity index (χ2v) is 16.8. The number of carbonyl (C=O) groups is 2. The van der Waals surface area contributed by atoms with Gasteiger partial charge in [0.15, 0.2) is 0 Å². The Hall–Kier alpha value is -2.44. The molecule has 0 saturated carbocycles. The molecule has 0 rings (SSSR count). The highest BCUT2D eigenvalue weighted by Crippen LogP contribution is 2.17. The Balaban J connectivity index is 4.46. The number of allylic oxidation sites excluding steroid dienone is 10. The molecule has 3 atom stereocenters. The van der Waals surface area contributed by atoms with E-state index in [-0.39, 0.29) is 24.9 Å². The van der Waals surface area contributed by atoms with Crippen molar-refractivity contribution in [3.05, 3.63) is 60.8 Å². The van der Waals surface area contributed by atoms with Crippen molar-refractivity contribution in [1.82, 2.24) is 5.32 Å². The quantitative estimate of drug-likeness (QED) is 0.0323. The number of unbranched alkanes of at least 4 members (excludes halogenated alkanes) is 22. The summed E-state index contributed by atoms with van der Waals surface area (Å²) in [6, 6.07) is -0.713. The largest absolute Gasteiger partial charge is 0.462 e. The summed E-state index contributed by atoms with van der Waals surface area (Å²) in [5.74, 6) is -0.531. The first-order chi connectivity index (χ1) is 29.0. The maximum atomic E-state index is 13.1. The summed E-state index contributed by atoms with van der Waals surface area (Å²) in [7, 11) is 0. The number of aliphatic hydroxyl groups excluding tert-OH is 2. The van der Waals surface area contributed by atoms with Crippen LogP contribution in [0.1, 0.15) is 239 Å². The summed E-state index contributed by atoms with van der Waals surface area (Å²) in [6.07, 6.45) is 57.2. The molecule has 0 aliphatic carbocycles. The smallest absolute Gasteiger partial charge is 0.306 e. The number of nitrogens with one attached hydrogen (secondary N) is 1. The van der Waals surface area contributed by atoms with Crippen LogP contribution in [0.4, 0.5) is 0 Å².